The molecule has 2 aromatic carbocycles. The van der Waals surface area contributed by atoms with Crippen LogP contribution in [0.2, 0.25) is 5.02 Å². The van der Waals surface area contributed by atoms with Crippen LogP contribution in [0.3, 0.4) is 0 Å². The third kappa shape index (κ3) is 5.98. The molecular weight excluding hydrogens is 364 g/mol. The molecule has 3 N–H and O–H groups in total. The standard InChI is InChI=1S/C20H25ClN4O2/c1-22-19(26)12-14-8-4-7-11-17(14)24-20(27)23-13-18(25(2)3)15-9-5-6-10-16(15)21/h4-11,18H,12-13H2,1-3H3,(H,22,26)(H2,23,24,27). The monoisotopic (exact) mass is 388 g/mol. The van der Waals surface area contributed by atoms with E-state index in [9.17, 15) is 9.59 Å². The van der Waals surface area contributed by atoms with Crippen molar-refractivity contribution in [1.29, 1.82) is 0 Å². The van der Waals surface area contributed by atoms with Crippen molar-refractivity contribution in [2.24, 2.45) is 0 Å². The van der Waals surface area contributed by atoms with E-state index in [1.807, 2.05) is 61.5 Å². The highest BCUT2D eigenvalue weighted by Crippen LogP contribution is 2.25. The van der Waals surface area contributed by atoms with Crippen molar-refractivity contribution in [3.8, 4) is 0 Å². The number of rotatable bonds is 7. The van der Waals surface area contributed by atoms with Crippen LogP contribution in [0, 0.1) is 0 Å². The summed E-state index contributed by atoms with van der Waals surface area (Å²) in [6.45, 7) is 0.389. The summed E-state index contributed by atoms with van der Waals surface area (Å²) in [4.78, 5) is 26.0. The van der Waals surface area contributed by atoms with Crippen LogP contribution in [0.1, 0.15) is 17.2 Å². The average molecular weight is 389 g/mol. The predicted molar refractivity (Wildman–Crippen MR) is 109 cm³/mol. The Hall–Kier alpha value is -2.57. The van der Waals surface area contributed by atoms with Gasteiger partial charge in [0.1, 0.15) is 0 Å². The minimum absolute atomic E-state index is 0.0643. The number of amides is 3. The first kappa shape index (κ1) is 20.7. The number of likely N-dealkylation sites (N-methyl/N-ethyl adjacent to an activating group) is 2. The molecule has 1 atom stereocenters. The van der Waals surface area contributed by atoms with Gasteiger partial charge in [0, 0.05) is 24.3 Å². The number of halogens is 1. The smallest absolute Gasteiger partial charge is 0.319 e. The predicted octanol–water partition coefficient (Wildman–Crippen LogP) is 3.05. The fourth-order valence-corrected chi connectivity index (χ4v) is 2.99. The van der Waals surface area contributed by atoms with E-state index in [1.165, 1.54) is 0 Å². The molecule has 0 radical (unpaired) electrons. The largest absolute Gasteiger partial charge is 0.359 e. The highest BCUT2D eigenvalue weighted by Gasteiger charge is 2.18. The fourth-order valence-electron chi connectivity index (χ4n) is 2.73. The molecule has 3 amide bonds. The van der Waals surface area contributed by atoms with Crippen molar-refractivity contribution in [3.05, 3.63) is 64.7 Å². The molecule has 0 aliphatic rings. The Kier molecular flexibility index (Phi) is 7.64. The molecule has 0 saturated heterocycles. The molecule has 0 fully saturated rings. The van der Waals surface area contributed by atoms with Gasteiger partial charge in [0.15, 0.2) is 0 Å². The second-order valence-electron chi connectivity index (χ2n) is 6.34. The first-order valence-electron chi connectivity index (χ1n) is 8.66. The Morgan fingerprint density at radius 3 is 2.41 bits per heavy atom. The topological polar surface area (TPSA) is 73.5 Å². The van der Waals surface area contributed by atoms with Crippen molar-refractivity contribution in [3.63, 3.8) is 0 Å². The summed E-state index contributed by atoms with van der Waals surface area (Å²) >= 11 is 6.30. The number of urea groups is 1. The van der Waals surface area contributed by atoms with Gasteiger partial charge in [-0.15, -0.1) is 0 Å². The van der Waals surface area contributed by atoms with E-state index >= 15 is 0 Å². The molecule has 0 aromatic heterocycles. The lowest BCUT2D eigenvalue weighted by atomic mass is 10.1. The highest BCUT2D eigenvalue weighted by molar-refractivity contribution is 6.31. The van der Waals surface area contributed by atoms with Crippen molar-refractivity contribution >= 4 is 29.2 Å². The van der Waals surface area contributed by atoms with E-state index in [2.05, 4.69) is 16.0 Å². The van der Waals surface area contributed by atoms with E-state index in [0.717, 1.165) is 11.1 Å². The summed E-state index contributed by atoms with van der Waals surface area (Å²) in [7, 11) is 5.46. The van der Waals surface area contributed by atoms with Crippen LogP contribution in [0.5, 0.6) is 0 Å². The normalized spacial score (nSPS) is 11.7. The van der Waals surface area contributed by atoms with Crippen molar-refractivity contribution in [2.45, 2.75) is 12.5 Å². The summed E-state index contributed by atoms with van der Waals surface area (Å²) in [6, 6.07) is 14.4. The molecule has 0 bridgehead atoms. The van der Waals surface area contributed by atoms with E-state index in [-0.39, 0.29) is 24.4 Å². The van der Waals surface area contributed by atoms with E-state index < -0.39 is 0 Å². The van der Waals surface area contributed by atoms with Crippen LogP contribution in [-0.4, -0.2) is 44.5 Å². The van der Waals surface area contributed by atoms with E-state index in [0.29, 0.717) is 17.3 Å². The lowest BCUT2D eigenvalue weighted by Gasteiger charge is -2.26. The Morgan fingerprint density at radius 1 is 1.07 bits per heavy atom. The number of nitrogens with zero attached hydrogens (tertiary/aromatic N) is 1. The molecule has 2 rings (SSSR count). The van der Waals surface area contributed by atoms with Gasteiger partial charge >= 0.3 is 6.03 Å². The number of carbonyl (C=O) groups excluding carboxylic acids is 2. The van der Waals surface area contributed by atoms with E-state index in [4.69, 9.17) is 11.6 Å². The quantitative estimate of drug-likeness (QED) is 0.682. The highest BCUT2D eigenvalue weighted by atomic mass is 35.5. The van der Waals surface area contributed by atoms with Crippen LogP contribution < -0.4 is 16.0 Å². The van der Waals surface area contributed by atoms with Gasteiger partial charge in [-0.05, 0) is 37.4 Å². The molecular formula is C20H25ClN4O2. The average Bonchev–Trinajstić information content (AvgIpc) is 2.64. The molecule has 0 saturated carbocycles. The zero-order valence-electron chi connectivity index (χ0n) is 15.8. The molecule has 144 valence electrons. The number of para-hydroxylation sites is 1. The molecule has 7 heteroatoms. The lowest BCUT2D eigenvalue weighted by molar-refractivity contribution is -0.119. The van der Waals surface area contributed by atoms with Crippen molar-refractivity contribution < 1.29 is 9.59 Å². The number of carbonyl (C=O) groups is 2. The maximum absolute atomic E-state index is 12.4. The molecule has 0 spiro atoms. The van der Waals surface area contributed by atoms with Crippen LogP contribution in [0.15, 0.2) is 48.5 Å². The van der Waals surface area contributed by atoms with Gasteiger partial charge in [0.05, 0.1) is 12.5 Å². The third-order valence-corrected chi connectivity index (χ3v) is 4.58. The molecule has 27 heavy (non-hydrogen) atoms. The Bertz CT molecular complexity index is 795. The molecule has 2 aromatic rings. The second kappa shape index (κ2) is 9.94. The number of benzene rings is 2. The summed E-state index contributed by atoms with van der Waals surface area (Å²) in [5.74, 6) is -0.115. The summed E-state index contributed by atoms with van der Waals surface area (Å²) < 4.78 is 0. The maximum atomic E-state index is 12.4. The Balaban J connectivity index is 2.03. The Morgan fingerprint density at radius 2 is 1.74 bits per heavy atom. The zero-order valence-corrected chi connectivity index (χ0v) is 16.5. The molecule has 0 heterocycles. The van der Waals surface area contributed by atoms with Crippen LogP contribution >= 0.6 is 11.6 Å². The summed E-state index contributed by atoms with van der Waals surface area (Å²) in [5, 5.41) is 8.95. The number of nitrogens with one attached hydrogen (secondary N) is 3. The molecule has 0 aliphatic heterocycles. The minimum atomic E-state index is -0.335. The van der Waals surface area contributed by atoms with E-state index in [1.54, 1.807) is 13.1 Å². The Labute approximate surface area is 164 Å². The van der Waals surface area contributed by atoms with Crippen molar-refractivity contribution in [1.82, 2.24) is 15.5 Å². The van der Waals surface area contributed by atoms with Gasteiger partial charge in [0.2, 0.25) is 5.91 Å². The number of hydrogen-bond acceptors (Lipinski definition) is 3. The third-order valence-electron chi connectivity index (χ3n) is 4.24. The molecule has 0 aliphatic carbocycles. The fraction of sp³-hybridized carbons (Fsp3) is 0.300. The lowest BCUT2D eigenvalue weighted by Crippen LogP contribution is -2.37. The van der Waals surface area contributed by atoms with Gasteiger partial charge in [-0.1, -0.05) is 48.0 Å². The molecule has 6 nitrogen and oxygen atoms in total. The van der Waals surface area contributed by atoms with Gasteiger partial charge in [-0.25, -0.2) is 4.79 Å². The van der Waals surface area contributed by atoms with Crippen LogP contribution in [0.25, 0.3) is 0 Å². The first-order valence-corrected chi connectivity index (χ1v) is 9.04. The van der Waals surface area contributed by atoms with Gasteiger partial charge in [0.25, 0.3) is 0 Å². The second-order valence-corrected chi connectivity index (χ2v) is 6.75. The first-order chi connectivity index (χ1) is 12.9. The van der Waals surface area contributed by atoms with Gasteiger partial charge in [-0.2, -0.15) is 0 Å². The summed E-state index contributed by atoms with van der Waals surface area (Å²) in [6.07, 6.45) is 0.201. The van der Waals surface area contributed by atoms with Gasteiger partial charge in [-0.3, -0.25) is 4.79 Å². The minimum Gasteiger partial charge on any atom is -0.359 e. The van der Waals surface area contributed by atoms with Crippen LogP contribution in [0.4, 0.5) is 10.5 Å². The zero-order chi connectivity index (χ0) is 19.8. The number of hydrogen-bond donors (Lipinski definition) is 3. The number of anilines is 1. The maximum Gasteiger partial charge on any atom is 0.319 e. The molecule has 1 unspecified atom stereocenters. The van der Waals surface area contributed by atoms with Crippen LogP contribution in [-0.2, 0) is 11.2 Å². The van der Waals surface area contributed by atoms with Gasteiger partial charge < -0.3 is 20.9 Å². The SMILES string of the molecule is CNC(=O)Cc1ccccc1NC(=O)NCC(c1ccccc1Cl)N(C)C. The summed E-state index contributed by atoms with van der Waals surface area (Å²) in [5.41, 5.74) is 2.31. The van der Waals surface area contributed by atoms with Crippen molar-refractivity contribution in [2.75, 3.05) is 33.0 Å².